The highest BCUT2D eigenvalue weighted by Crippen LogP contribution is 2.76. The van der Waals surface area contributed by atoms with Crippen LogP contribution in [0.3, 0.4) is 0 Å². The summed E-state index contributed by atoms with van der Waals surface area (Å²) >= 11 is 0. The predicted molar refractivity (Wildman–Crippen MR) is 174 cm³/mol. The van der Waals surface area contributed by atoms with Crippen LogP contribution in [0.4, 0.5) is 0 Å². The summed E-state index contributed by atoms with van der Waals surface area (Å²) in [5, 5.41) is 12.8. The first-order valence-electron chi connectivity index (χ1n) is 17.4. The highest BCUT2D eigenvalue weighted by atomic mass is 16.6. The van der Waals surface area contributed by atoms with Crippen molar-refractivity contribution in [2.45, 2.75) is 111 Å². The van der Waals surface area contributed by atoms with Crippen molar-refractivity contribution in [3.05, 3.63) is 30.1 Å². The van der Waals surface area contributed by atoms with Crippen molar-refractivity contribution in [3.8, 4) is 0 Å². The average Bonchev–Trinajstić information content (AvgIpc) is 3.48. The Morgan fingerprint density at radius 3 is 2.26 bits per heavy atom. The van der Waals surface area contributed by atoms with Crippen LogP contribution >= 0.6 is 0 Å². The van der Waals surface area contributed by atoms with Gasteiger partial charge in [0, 0.05) is 38.6 Å². The van der Waals surface area contributed by atoms with E-state index >= 15 is 4.79 Å². The Balaban J connectivity index is 1.88. The Bertz CT molecular complexity index is 1560. The molecule has 1 aromatic heterocycles. The second-order valence-electron chi connectivity index (χ2n) is 15.7. The van der Waals surface area contributed by atoms with E-state index in [0.29, 0.717) is 0 Å². The minimum Gasteiger partial charge on any atom is -0.462 e. The lowest BCUT2D eigenvalue weighted by Gasteiger charge is -2.55. The smallest absolute Gasteiger partial charge is 0.339 e. The number of pyridine rings is 1. The molecule has 0 aliphatic heterocycles. The summed E-state index contributed by atoms with van der Waals surface area (Å²) in [6, 6.07) is 3.06. The second-order valence-corrected chi connectivity index (χ2v) is 15.7. The molecule has 11 unspecified atom stereocenters. The number of esters is 5. The van der Waals surface area contributed by atoms with Crippen LogP contribution in [-0.4, -0.2) is 81.8 Å². The standard InChI is InChI=1S/C37H49NO12/c1-10-25(41)48-28-19(4)15-37(45)27(28)30(49-31(42)18(2)3)36(17-46-32(43)22-12-11-13-38-16-22)24(47-20(5)39)14-23-26(34(23,7)8)29(36)35(9,33(37)44)50-21(6)40/h11-13,16,18-19,23-24,26-30,45H,10,14-15,17H2,1-9H3. The number of carbonyl (C=O) groups is 6. The van der Waals surface area contributed by atoms with E-state index in [1.165, 1.54) is 32.3 Å². The van der Waals surface area contributed by atoms with Gasteiger partial charge in [-0.25, -0.2) is 4.79 Å². The van der Waals surface area contributed by atoms with Crippen LogP contribution in [0.5, 0.6) is 0 Å². The van der Waals surface area contributed by atoms with Gasteiger partial charge in [0.05, 0.1) is 22.8 Å². The third-order valence-electron chi connectivity index (χ3n) is 11.8. The van der Waals surface area contributed by atoms with E-state index in [1.807, 2.05) is 13.8 Å². The van der Waals surface area contributed by atoms with Gasteiger partial charge in [-0.2, -0.15) is 0 Å². The molecule has 0 spiro atoms. The minimum atomic E-state index is -2.36. The summed E-state index contributed by atoms with van der Waals surface area (Å²) in [5.41, 5.74) is -6.70. The fourth-order valence-corrected chi connectivity index (χ4v) is 9.70. The normalized spacial score (nSPS) is 38.0. The van der Waals surface area contributed by atoms with Gasteiger partial charge in [0.15, 0.2) is 5.60 Å². The number of rotatable bonds is 9. The Morgan fingerprint density at radius 1 is 1.02 bits per heavy atom. The number of ketones is 1. The molecule has 4 aliphatic rings. The van der Waals surface area contributed by atoms with Crippen molar-refractivity contribution in [1.82, 2.24) is 4.98 Å². The maximum atomic E-state index is 15.2. The van der Waals surface area contributed by atoms with Crippen LogP contribution in [0.25, 0.3) is 0 Å². The second kappa shape index (κ2) is 13.0. The van der Waals surface area contributed by atoms with Crippen LogP contribution in [0.2, 0.25) is 0 Å². The van der Waals surface area contributed by atoms with Crippen LogP contribution in [0.15, 0.2) is 24.5 Å². The molecule has 4 fully saturated rings. The molecule has 0 radical (unpaired) electrons. The summed E-state index contributed by atoms with van der Waals surface area (Å²) in [5.74, 6) is -8.96. The number of Topliss-reactive ketones (excluding diaryl/α,β-unsaturated/α-hetero) is 1. The highest BCUT2D eigenvalue weighted by Gasteiger charge is 2.84. The topological polar surface area (TPSA) is 182 Å². The number of carbonyl (C=O) groups excluding carboxylic acids is 6. The molecule has 4 saturated carbocycles. The zero-order valence-corrected chi connectivity index (χ0v) is 30.2. The molecule has 13 heteroatoms. The molecular formula is C37H49NO12. The molecule has 1 N–H and O–H groups in total. The van der Waals surface area contributed by atoms with Crippen LogP contribution in [-0.2, 0) is 47.7 Å². The van der Waals surface area contributed by atoms with Crippen molar-refractivity contribution in [1.29, 1.82) is 0 Å². The van der Waals surface area contributed by atoms with Gasteiger partial charge in [-0.3, -0.25) is 29.0 Å². The first-order valence-corrected chi connectivity index (χ1v) is 17.4. The molecule has 274 valence electrons. The molecule has 13 nitrogen and oxygen atoms in total. The monoisotopic (exact) mass is 699 g/mol. The molecular weight excluding hydrogens is 650 g/mol. The molecule has 0 aromatic carbocycles. The Morgan fingerprint density at radius 2 is 1.70 bits per heavy atom. The molecule has 0 saturated heterocycles. The van der Waals surface area contributed by atoms with Gasteiger partial charge < -0.3 is 28.8 Å². The zero-order chi connectivity index (χ0) is 37.1. The number of ether oxygens (including phenoxy) is 5. The number of nitrogens with zero attached hydrogens (tertiary/aromatic N) is 1. The number of aliphatic hydroxyl groups is 1. The molecule has 50 heavy (non-hydrogen) atoms. The van der Waals surface area contributed by atoms with Crippen LogP contribution < -0.4 is 0 Å². The summed E-state index contributed by atoms with van der Waals surface area (Å²) in [6.45, 7) is 13.7. The lowest BCUT2D eigenvalue weighted by Crippen LogP contribution is -2.66. The first-order chi connectivity index (χ1) is 23.3. The molecule has 1 aromatic rings. The van der Waals surface area contributed by atoms with E-state index in [9.17, 15) is 29.1 Å². The van der Waals surface area contributed by atoms with Gasteiger partial charge in [-0.05, 0) is 55.1 Å². The molecule has 0 bridgehead atoms. The van der Waals surface area contributed by atoms with Gasteiger partial charge in [0.1, 0.15) is 30.5 Å². The van der Waals surface area contributed by atoms with Gasteiger partial charge >= 0.3 is 29.8 Å². The number of aromatic nitrogens is 1. The summed E-state index contributed by atoms with van der Waals surface area (Å²) in [7, 11) is 0. The van der Waals surface area contributed by atoms with Crippen molar-refractivity contribution < 1.29 is 57.6 Å². The van der Waals surface area contributed by atoms with E-state index in [1.54, 1.807) is 33.8 Å². The molecule has 1 heterocycles. The Kier molecular flexibility index (Phi) is 9.74. The minimum absolute atomic E-state index is 0.0194. The van der Waals surface area contributed by atoms with E-state index in [2.05, 4.69) is 4.98 Å². The highest BCUT2D eigenvalue weighted by molar-refractivity contribution is 5.98. The van der Waals surface area contributed by atoms with E-state index in [0.717, 1.165) is 6.92 Å². The van der Waals surface area contributed by atoms with Crippen molar-refractivity contribution in [2.75, 3.05) is 6.61 Å². The lowest BCUT2D eigenvalue weighted by molar-refractivity contribution is -0.237. The Labute approximate surface area is 292 Å². The van der Waals surface area contributed by atoms with Crippen molar-refractivity contribution >= 4 is 35.6 Å². The molecule has 4 aliphatic carbocycles. The predicted octanol–water partition coefficient (Wildman–Crippen LogP) is 3.63. The van der Waals surface area contributed by atoms with E-state index in [-0.39, 0.29) is 30.7 Å². The van der Waals surface area contributed by atoms with E-state index < -0.39 is 112 Å². The number of hydrogen-bond donors (Lipinski definition) is 1. The third kappa shape index (κ3) is 5.88. The fraction of sp³-hybridized carbons (Fsp3) is 0.703. The average molecular weight is 700 g/mol. The third-order valence-corrected chi connectivity index (χ3v) is 11.8. The SMILES string of the molecule is CCC(=O)OC1C(C)CC2(O)C(=O)C(C)(OC(C)=O)C3C4C(CC(OC(C)=O)C3(COC(=O)c3cccnc3)C(OC(=O)C(C)C)C12)C4(C)C. The maximum Gasteiger partial charge on any atom is 0.339 e. The molecule has 0 amide bonds. The summed E-state index contributed by atoms with van der Waals surface area (Å²) in [4.78, 5) is 85.7. The van der Waals surface area contributed by atoms with Crippen LogP contribution in [0, 0.1) is 46.3 Å². The van der Waals surface area contributed by atoms with E-state index in [4.69, 9.17) is 23.7 Å². The van der Waals surface area contributed by atoms with Gasteiger partial charge in [0.2, 0.25) is 5.78 Å². The Hall–Kier alpha value is -3.87. The summed E-state index contributed by atoms with van der Waals surface area (Å²) < 4.78 is 30.7. The maximum absolute atomic E-state index is 15.2. The lowest BCUT2D eigenvalue weighted by atomic mass is 9.55. The quantitative estimate of drug-likeness (QED) is 0.292. The number of hydrogen-bond acceptors (Lipinski definition) is 13. The largest absolute Gasteiger partial charge is 0.462 e. The summed E-state index contributed by atoms with van der Waals surface area (Å²) in [6.07, 6.45) is -1.11. The van der Waals surface area contributed by atoms with Crippen molar-refractivity contribution in [2.24, 2.45) is 46.3 Å². The van der Waals surface area contributed by atoms with Crippen molar-refractivity contribution in [3.63, 3.8) is 0 Å². The molecule has 11 atom stereocenters. The molecule has 5 rings (SSSR count). The van der Waals surface area contributed by atoms with Crippen LogP contribution in [0.1, 0.15) is 91.9 Å². The van der Waals surface area contributed by atoms with Gasteiger partial charge in [-0.1, -0.05) is 41.5 Å². The fourth-order valence-electron chi connectivity index (χ4n) is 9.70. The van der Waals surface area contributed by atoms with Gasteiger partial charge in [0.25, 0.3) is 0 Å². The first kappa shape index (κ1) is 37.4. The number of fused-ring (bicyclic) bond motifs is 4. The zero-order valence-electron chi connectivity index (χ0n) is 30.2. The van der Waals surface area contributed by atoms with Gasteiger partial charge in [-0.15, -0.1) is 0 Å².